The van der Waals surface area contributed by atoms with E-state index in [-0.39, 0.29) is 24.0 Å². The fourth-order valence-electron chi connectivity index (χ4n) is 3.87. The number of hydrogen-bond acceptors (Lipinski definition) is 5. The maximum Gasteiger partial charge on any atom is 0.345 e. The van der Waals surface area contributed by atoms with Crippen LogP contribution in [-0.2, 0) is 11.3 Å². The minimum atomic E-state index is -0.524. The van der Waals surface area contributed by atoms with E-state index in [0.717, 1.165) is 11.0 Å². The first kappa shape index (κ1) is 27.1. The summed E-state index contributed by atoms with van der Waals surface area (Å²) in [6, 6.07) is 16.5. The summed E-state index contributed by atoms with van der Waals surface area (Å²) >= 11 is 6.91. The first-order valence-corrected chi connectivity index (χ1v) is 11.9. The summed E-state index contributed by atoms with van der Waals surface area (Å²) in [7, 11) is 3.15. The van der Waals surface area contributed by atoms with Crippen LogP contribution in [0.15, 0.2) is 69.6 Å². The third kappa shape index (κ3) is 5.53. The number of aryl methyl sites for hydroxylation is 1. The van der Waals surface area contributed by atoms with Gasteiger partial charge < -0.3 is 38.2 Å². The lowest BCUT2D eigenvalue weighted by molar-refractivity contribution is -0.644. The van der Waals surface area contributed by atoms with Gasteiger partial charge in [-0.25, -0.2) is 9.59 Å². The van der Waals surface area contributed by atoms with E-state index in [4.69, 9.17) is 14.2 Å². The van der Waals surface area contributed by atoms with Gasteiger partial charge in [0.25, 0.3) is 0 Å². The van der Waals surface area contributed by atoms with Gasteiger partial charge in [0, 0.05) is 24.6 Å². The van der Waals surface area contributed by atoms with E-state index >= 15 is 0 Å². The lowest BCUT2D eigenvalue weighted by atomic mass is 10.0. The van der Waals surface area contributed by atoms with Crippen molar-refractivity contribution in [3.63, 3.8) is 0 Å². The second-order valence-electron chi connectivity index (χ2n) is 7.34. The summed E-state index contributed by atoms with van der Waals surface area (Å²) in [6.07, 6.45) is 1.94. The Morgan fingerprint density at radius 3 is 1.97 bits per heavy atom. The van der Waals surface area contributed by atoms with E-state index in [2.05, 4.69) is 36.4 Å². The highest BCUT2D eigenvalue weighted by molar-refractivity contribution is 9.11. The van der Waals surface area contributed by atoms with E-state index in [1.54, 1.807) is 26.4 Å². The van der Waals surface area contributed by atoms with Gasteiger partial charge in [-0.3, -0.25) is 0 Å². The number of benzene rings is 3. The first-order chi connectivity index (χ1) is 16.5. The Kier molecular flexibility index (Phi) is 9.29. The minimum absolute atomic E-state index is 0. The Labute approximate surface area is 236 Å². The van der Waals surface area contributed by atoms with Crippen molar-refractivity contribution in [2.45, 2.75) is 13.0 Å². The van der Waals surface area contributed by atoms with Crippen LogP contribution in [0.1, 0.15) is 16.8 Å². The van der Waals surface area contributed by atoms with Crippen LogP contribution < -0.4 is 42.8 Å². The van der Waals surface area contributed by atoms with Gasteiger partial charge >= 0.3 is 5.97 Å². The van der Waals surface area contributed by atoms with Gasteiger partial charge in [0.15, 0.2) is 12.3 Å². The predicted octanol–water partition coefficient (Wildman–Crippen LogP) is 2.82. The van der Waals surface area contributed by atoms with Crippen molar-refractivity contribution in [1.82, 2.24) is 0 Å². The molecule has 0 saturated heterocycles. The van der Waals surface area contributed by atoms with E-state index in [0.29, 0.717) is 55.5 Å². The third-order valence-corrected chi connectivity index (χ3v) is 6.67. The molecule has 1 aromatic heterocycles. The molecular weight excluding hydrogens is 693 g/mol. The topological polar surface area (TPSA) is 65.7 Å². The number of fused-ring (bicyclic) bond motifs is 2. The number of hydrogen-bond donors (Lipinski definition) is 0. The molecule has 0 amide bonds. The Hall–Kier alpha value is -2.46. The summed E-state index contributed by atoms with van der Waals surface area (Å²) in [4.78, 5) is 24.5. The fraction of sp³-hybridized carbons (Fsp3) is 0.154. The number of aromatic nitrogens is 1. The maximum atomic E-state index is 13.7. The van der Waals surface area contributed by atoms with Crippen LogP contribution in [0, 0.1) is 0 Å². The van der Waals surface area contributed by atoms with Crippen molar-refractivity contribution in [3.05, 3.63) is 75.2 Å². The summed E-state index contributed by atoms with van der Waals surface area (Å²) in [5.74, 6) is 2.89. The number of para-hydroxylation sites is 1. The molecule has 9 heteroatoms. The largest absolute Gasteiger partial charge is 1.00 e. The molecule has 4 aromatic rings. The lowest BCUT2D eigenvalue weighted by Crippen LogP contribution is -3.00. The van der Waals surface area contributed by atoms with Crippen LogP contribution in [-0.4, -0.2) is 26.1 Å². The molecule has 0 N–H and O–H groups in total. The van der Waals surface area contributed by atoms with Crippen molar-refractivity contribution in [1.29, 1.82) is 0 Å². The number of carbonyl (C=O) groups is 1. The second-order valence-corrected chi connectivity index (χ2v) is 9.05. The standard InChI is InChI=1S/C26H20Br2NO5.HI/c1-32-16-8-10-22-18(14-16)24(26(31)34-25-20(27)6-5-7-21(25)28)19-15-17(33-2)9-11-23(19)29(22)12-3-4-13-30;/h4-11,14-15H,3,12H2,1-2H3;1H/q+1;/p-1. The van der Waals surface area contributed by atoms with Crippen molar-refractivity contribution in [2.75, 3.05) is 14.2 Å². The average Bonchev–Trinajstić information content (AvgIpc) is 2.85. The fourth-order valence-corrected chi connectivity index (χ4v) is 5.03. The molecule has 180 valence electrons. The highest BCUT2D eigenvalue weighted by Crippen LogP contribution is 2.36. The van der Waals surface area contributed by atoms with Crippen LogP contribution in [0.2, 0.25) is 0 Å². The minimum Gasteiger partial charge on any atom is -1.00 e. The van der Waals surface area contributed by atoms with Gasteiger partial charge in [0.2, 0.25) is 11.0 Å². The highest BCUT2D eigenvalue weighted by atomic mass is 127. The third-order valence-electron chi connectivity index (χ3n) is 5.43. The smallest absolute Gasteiger partial charge is 0.345 e. The Morgan fingerprint density at radius 2 is 1.49 bits per heavy atom. The zero-order chi connectivity index (χ0) is 24.2. The van der Waals surface area contributed by atoms with Gasteiger partial charge in [-0.2, -0.15) is 4.57 Å². The van der Waals surface area contributed by atoms with E-state index < -0.39 is 5.97 Å². The van der Waals surface area contributed by atoms with E-state index in [9.17, 15) is 9.59 Å². The van der Waals surface area contributed by atoms with Crippen LogP contribution in [0.25, 0.3) is 21.8 Å². The van der Waals surface area contributed by atoms with Crippen LogP contribution >= 0.6 is 31.9 Å². The SMILES string of the molecule is COc1ccc2c(c1)c(C(=O)Oc1c(Br)cccc1Br)c1cc(OC)ccc1[n+]2CCC=C=O.[I-]. The van der Waals surface area contributed by atoms with Crippen LogP contribution in [0.3, 0.4) is 0 Å². The number of nitrogens with zero attached hydrogens (tertiary/aromatic N) is 1. The Morgan fingerprint density at radius 1 is 0.943 bits per heavy atom. The summed E-state index contributed by atoms with van der Waals surface area (Å²) in [5.41, 5.74) is 1.99. The van der Waals surface area contributed by atoms with Gasteiger partial charge in [-0.05, 0) is 68.3 Å². The first-order valence-electron chi connectivity index (χ1n) is 10.3. The molecule has 0 radical (unpaired) electrons. The van der Waals surface area contributed by atoms with Gasteiger partial charge in [0.05, 0.1) is 39.5 Å². The van der Waals surface area contributed by atoms with Gasteiger partial charge in [0.1, 0.15) is 17.4 Å². The summed E-state index contributed by atoms with van der Waals surface area (Å²) in [6.45, 7) is 0.520. The molecule has 6 nitrogen and oxygen atoms in total. The van der Waals surface area contributed by atoms with Crippen molar-refractivity contribution >= 4 is 65.6 Å². The van der Waals surface area contributed by atoms with Crippen molar-refractivity contribution < 1.29 is 52.3 Å². The van der Waals surface area contributed by atoms with Gasteiger partial charge in [-0.1, -0.05) is 6.07 Å². The number of allylic oxidation sites excluding steroid dienone is 1. The number of pyridine rings is 1. The average molecular weight is 713 g/mol. The molecule has 0 aliphatic rings. The number of rotatable bonds is 7. The molecule has 0 saturated carbocycles. The zero-order valence-electron chi connectivity index (χ0n) is 18.8. The summed E-state index contributed by atoms with van der Waals surface area (Å²) < 4.78 is 20.1. The molecule has 1 heterocycles. The predicted molar refractivity (Wildman–Crippen MR) is 136 cm³/mol. The molecular formula is C26H20Br2INO5. The van der Waals surface area contributed by atoms with Gasteiger partial charge in [-0.15, -0.1) is 0 Å². The number of ether oxygens (including phenoxy) is 3. The number of carbonyl (C=O) groups excluding carboxylic acids is 2. The maximum absolute atomic E-state index is 13.7. The molecule has 0 atom stereocenters. The molecule has 0 aliphatic carbocycles. The summed E-state index contributed by atoms with van der Waals surface area (Å²) in [5, 5.41) is 1.31. The number of methoxy groups -OCH3 is 2. The molecule has 0 aliphatic heterocycles. The highest BCUT2D eigenvalue weighted by Gasteiger charge is 2.27. The molecule has 4 rings (SSSR count). The van der Waals surface area contributed by atoms with E-state index in [1.165, 1.54) is 6.08 Å². The molecule has 0 unspecified atom stereocenters. The molecule has 35 heavy (non-hydrogen) atoms. The second kappa shape index (κ2) is 12.0. The molecule has 0 fully saturated rings. The monoisotopic (exact) mass is 711 g/mol. The molecule has 3 aromatic carbocycles. The lowest BCUT2D eigenvalue weighted by Gasteiger charge is -2.14. The Bertz CT molecular complexity index is 1380. The molecule has 0 bridgehead atoms. The zero-order valence-corrected chi connectivity index (χ0v) is 24.1. The van der Waals surface area contributed by atoms with Crippen LogP contribution in [0.5, 0.6) is 17.2 Å². The quantitative estimate of drug-likeness (QED) is 0.0737. The normalized spacial score (nSPS) is 10.4. The number of esters is 1. The van der Waals surface area contributed by atoms with Crippen LogP contribution in [0.4, 0.5) is 0 Å². The Balaban J connectivity index is 0.00000342. The molecule has 0 spiro atoms. The number of halogens is 3. The van der Waals surface area contributed by atoms with E-state index in [1.807, 2.05) is 48.4 Å². The van der Waals surface area contributed by atoms with Crippen molar-refractivity contribution in [2.24, 2.45) is 0 Å². The van der Waals surface area contributed by atoms with Crippen molar-refractivity contribution in [3.8, 4) is 17.2 Å².